The Morgan fingerprint density at radius 3 is 2.67 bits per heavy atom. The van der Waals surface area contributed by atoms with Crippen molar-refractivity contribution >= 4 is 11.0 Å². The zero-order valence-electron chi connectivity index (χ0n) is 11.9. The van der Waals surface area contributed by atoms with Gasteiger partial charge in [0.1, 0.15) is 12.1 Å². The second-order valence-electron chi connectivity index (χ2n) is 5.13. The van der Waals surface area contributed by atoms with Crippen LogP contribution in [0.2, 0.25) is 0 Å². The Morgan fingerprint density at radius 2 is 1.95 bits per heavy atom. The van der Waals surface area contributed by atoms with Crippen LogP contribution in [-0.2, 0) is 6.61 Å². The lowest BCUT2D eigenvalue weighted by atomic mass is 10.1. The van der Waals surface area contributed by atoms with Gasteiger partial charge in [-0.25, -0.2) is 0 Å². The molecule has 0 fully saturated rings. The summed E-state index contributed by atoms with van der Waals surface area (Å²) < 4.78 is 5.58. The van der Waals surface area contributed by atoms with Crippen LogP contribution in [0.4, 0.5) is 0 Å². The number of aromatic amines is 2. The fraction of sp³-hybridized carbons (Fsp3) is 0.267. The van der Waals surface area contributed by atoms with Crippen LogP contribution in [0.25, 0.3) is 11.0 Å². The van der Waals surface area contributed by atoms with Gasteiger partial charge >= 0.3 is 0 Å². The van der Waals surface area contributed by atoms with Gasteiger partial charge in [-0.1, -0.05) is 44.2 Å². The Labute approximate surface area is 121 Å². The molecule has 1 aromatic carbocycles. The van der Waals surface area contributed by atoms with Crippen molar-refractivity contribution in [3.63, 3.8) is 0 Å². The molecule has 6 heteroatoms. The first kappa shape index (κ1) is 13.4. The highest BCUT2D eigenvalue weighted by Gasteiger charge is 2.14. The van der Waals surface area contributed by atoms with E-state index in [1.54, 1.807) is 0 Å². The highest BCUT2D eigenvalue weighted by Crippen LogP contribution is 2.20. The summed E-state index contributed by atoms with van der Waals surface area (Å²) in [5.41, 5.74) is 2.42. The number of hydrogen-bond acceptors (Lipinski definition) is 4. The van der Waals surface area contributed by atoms with E-state index >= 15 is 0 Å². The average Bonchev–Trinajstić information content (AvgIpc) is 2.91. The molecule has 0 radical (unpaired) electrons. The molecule has 0 aliphatic heterocycles. The minimum atomic E-state index is -0.300. The Kier molecular flexibility index (Phi) is 3.43. The zero-order chi connectivity index (χ0) is 14.8. The molecule has 3 aromatic rings. The van der Waals surface area contributed by atoms with Crippen molar-refractivity contribution in [2.45, 2.75) is 26.4 Å². The molecule has 0 aliphatic carbocycles. The number of hydrogen-bond donors (Lipinski definition) is 2. The second kappa shape index (κ2) is 5.40. The number of nitrogens with zero attached hydrogens (tertiary/aromatic N) is 2. The number of ether oxygens (including phenoxy) is 1. The summed E-state index contributed by atoms with van der Waals surface area (Å²) in [6.45, 7) is 4.38. The van der Waals surface area contributed by atoms with Gasteiger partial charge in [-0.3, -0.25) is 14.9 Å². The number of rotatable bonds is 4. The Balaban J connectivity index is 1.92. The van der Waals surface area contributed by atoms with Crippen molar-refractivity contribution < 1.29 is 4.74 Å². The lowest BCUT2D eigenvalue weighted by molar-refractivity contribution is 0.281. The van der Waals surface area contributed by atoms with Gasteiger partial charge in [0.25, 0.3) is 11.6 Å². The number of benzene rings is 1. The van der Waals surface area contributed by atoms with E-state index in [-0.39, 0.29) is 17.5 Å². The van der Waals surface area contributed by atoms with Crippen molar-refractivity contribution in [1.82, 2.24) is 20.2 Å². The van der Waals surface area contributed by atoms with Gasteiger partial charge < -0.3 is 4.74 Å². The smallest absolute Gasteiger partial charge is 0.297 e. The fourth-order valence-corrected chi connectivity index (χ4v) is 2.10. The first-order valence-corrected chi connectivity index (χ1v) is 6.80. The van der Waals surface area contributed by atoms with E-state index in [4.69, 9.17) is 4.74 Å². The van der Waals surface area contributed by atoms with Gasteiger partial charge in [0.15, 0.2) is 5.52 Å². The molecule has 0 atom stereocenters. The van der Waals surface area contributed by atoms with Gasteiger partial charge in [0.2, 0.25) is 0 Å². The molecule has 21 heavy (non-hydrogen) atoms. The summed E-state index contributed by atoms with van der Waals surface area (Å²) in [5, 5.41) is 6.88. The predicted molar refractivity (Wildman–Crippen MR) is 79.4 cm³/mol. The van der Waals surface area contributed by atoms with Gasteiger partial charge in [0, 0.05) is 0 Å². The first-order chi connectivity index (χ1) is 10.1. The summed E-state index contributed by atoms with van der Waals surface area (Å²) in [7, 11) is 0. The fourth-order valence-electron chi connectivity index (χ4n) is 2.10. The second-order valence-corrected chi connectivity index (χ2v) is 5.13. The highest BCUT2D eigenvalue weighted by atomic mass is 16.5. The van der Waals surface area contributed by atoms with Crippen LogP contribution >= 0.6 is 0 Å². The molecule has 0 amide bonds. The van der Waals surface area contributed by atoms with Gasteiger partial charge in [0.05, 0.1) is 5.69 Å². The van der Waals surface area contributed by atoms with Crippen LogP contribution in [0.1, 0.15) is 31.0 Å². The molecule has 0 bridgehead atoms. The standard InChI is InChI=1S/C15H16N4O2/c1-9(2)11-12-13(19-18-11)14(20)17-15(16-12)21-8-10-6-4-3-5-7-10/h3-7,9H,8H2,1-2H3,(H,18,19)(H,16,17,20). The van der Waals surface area contributed by atoms with E-state index in [1.807, 2.05) is 44.2 Å². The minimum Gasteiger partial charge on any atom is -0.460 e. The summed E-state index contributed by atoms with van der Waals surface area (Å²) in [6.07, 6.45) is 0. The predicted octanol–water partition coefficient (Wildman–Crippen LogP) is 2.35. The number of H-pyrrole nitrogens is 2. The van der Waals surface area contributed by atoms with Crippen LogP contribution in [0.15, 0.2) is 35.1 Å². The lowest BCUT2D eigenvalue weighted by Crippen LogP contribution is -2.11. The summed E-state index contributed by atoms with van der Waals surface area (Å²) >= 11 is 0. The van der Waals surface area contributed by atoms with Crippen molar-refractivity contribution in [2.24, 2.45) is 0 Å². The quantitative estimate of drug-likeness (QED) is 0.770. The maximum absolute atomic E-state index is 12.0. The van der Waals surface area contributed by atoms with Gasteiger partial charge in [-0.05, 0) is 11.5 Å². The summed E-state index contributed by atoms with van der Waals surface area (Å²) in [6, 6.07) is 9.92. The third-order valence-electron chi connectivity index (χ3n) is 3.21. The van der Waals surface area contributed by atoms with E-state index in [1.165, 1.54) is 0 Å². The molecule has 6 nitrogen and oxygen atoms in total. The van der Waals surface area contributed by atoms with Crippen LogP contribution in [-0.4, -0.2) is 20.2 Å². The number of nitrogens with one attached hydrogen (secondary N) is 2. The molecule has 0 aliphatic rings. The SMILES string of the molecule is CC(C)c1[nH]nc2c(=O)[nH]c(OCc3ccccc3)nc12. The molecular weight excluding hydrogens is 268 g/mol. The molecule has 0 saturated heterocycles. The first-order valence-electron chi connectivity index (χ1n) is 6.80. The summed E-state index contributed by atoms with van der Waals surface area (Å²) in [5.74, 6) is 0.200. The molecule has 2 heterocycles. The maximum Gasteiger partial charge on any atom is 0.297 e. The topological polar surface area (TPSA) is 83.7 Å². The number of fused-ring (bicyclic) bond motifs is 1. The normalized spacial score (nSPS) is 11.2. The lowest BCUT2D eigenvalue weighted by Gasteiger charge is -2.05. The van der Waals surface area contributed by atoms with Crippen molar-refractivity contribution in [3.8, 4) is 6.01 Å². The Morgan fingerprint density at radius 1 is 1.19 bits per heavy atom. The largest absolute Gasteiger partial charge is 0.460 e. The molecule has 2 aromatic heterocycles. The zero-order valence-corrected chi connectivity index (χ0v) is 11.9. The maximum atomic E-state index is 12.0. The summed E-state index contributed by atoms with van der Waals surface area (Å²) in [4.78, 5) is 19.0. The molecular formula is C15H16N4O2. The van der Waals surface area contributed by atoms with Crippen LogP contribution < -0.4 is 10.3 Å². The van der Waals surface area contributed by atoms with Crippen LogP contribution in [0, 0.1) is 0 Å². The van der Waals surface area contributed by atoms with Crippen LogP contribution in [0.5, 0.6) is 6.01 Å². The van der Waals surface area contributed by atoms with Gasteiger partial charge in [-0.15, -0.1) is 0 Å². The molecule has 2 N–H and O–H groups in total. The number of aromatic nitrogens is 4. The third-order valence-corrected chi connectivity index (χ3v) is 3.21. The monoisotopic (exact) mass is 284 g/mol. The van der Waals surface area contributed by atoms with E-state index < -0.39 is 0 Å². The van der Waals surface area contributed by atoms with Crippen molar-refractivity contribution in [3.05, 3.63) is 51.9 Å². The van der Waals surface area contributed by atoms with Gasteiger partial charge in [-0.2, -0.15) is 10.1 Å². The van der Waals surface area contributed by atoms with Crippen molar-refractivity contribution in [1.29, 1.82) is 0 Å². The molecule has 0 unspecified atom stereocenters. The van der Waals surface area contributed by atoms with E-state index in [0.29, 0.717) is 17.6 Å². The molecule has 0 spiro atoms. The Bertz CT molecular complexity index is 805. The minimum absolute atomic E-state index is 0.200. The van der Waals surface area contributed by atoms with E-state index in [2.05, 4.69) is 20.2 Å². The highest BCUT2D eigenvalue weighted by molar-refractivity contribution is 5.76. The molecule has 3 rings (SSSR count). The third kappa shape index (κ3) is 2.65. The van der Waals surface area contributed by atoms with Crippen LogP contribution in [0.3, 0.4) is 0 Å². The molecule has 0 saturated carbocycles. The van der Waals surface area contributed by atoms with Crippen molar-refractivity contribution in [2.75, 3.05) is 0 Å². The Hall–Kier alpha value is -2.63. The molecule has 108 valence electrons. The van der Waals surface area contributed by atoms with E-state index in [9.17, 15) is 4.79 Å². The average molecular weight is 284 g/mol. The van der Waals surface area contributed by atoms with E-state index in [0.717, 1.165) is 11.3 Å².